The summed E-state index contributed by atoms with van der Waals surface area (Å²) in [4.78, 5) is 15.6. The van der Waals surface area contributed by atoms with Gasteiger partial charge in [0.05, 0.1) is 17.9 Å². The molecule has 1 heterocycles. The number of benzene rings is 2. The highest BCUT2D eigenvalue weighted by Crippen LogP contribution is 2.29. The van der Waals surface area contributed by atoms with E-state index < -0.39 is 0 Å². The van der Waals surface area contributed by atoms with Crippen molar-refractivity contribution in [2.75, 3.05) is 13.1 Å². The maximum Gasteiger partial charge on any atom is 0.209 e. The van der Waals surface area contributed by atoms with Gasteiger partial charge in [-0.05, 0) is 44.6 Å². The number of carbonyl (C=O) groups is 1. The van der Waals surface area contributed by atoms with Gasteiger partial charge >= 0.3 is 0 Å². The molecule has 0 aliphatic heterocycles. The second kappa shape index (κ2) is 7.24. The fourth-order valence-electron chi connectivity index (χ4n) is 3.43. The van der Waals surface area contributed by atoms with Gasteiger partial charge in [0.1, 0.15) is 0 Å². The smallest absolute Gasteiger partial charge is 0.209 e. The van der Waals surface area contributed by atoms with Gasteiger partial charge in [-0.3, -0.25) is 9.69 Å². The zero-order valence-electron chi connectivity index (χ0n) is 15.5. The van der Waals surface area contributed by atoms with Gasteiger partial charge in [0.15, 0.2) is 0 Å². The normalized spacial score (nSPS) is 11.4. The Morgan fingerprint density at radius 1 is 1.00 bits per heavy atom. The van der Waals surface area contributed by atoms with Gasteiger partial charge in [-0.1, -0.05) is 55.8 Å². The first-order chi connectivity index (χ1) is 12.1. The van der Waals surface area contributed by atoms with Crippen LogP contribution < -0.4 is 0 Å². The molecule has 0 aliphatic rings. The van der Waals surface area contributed by atoms with Gasteiger partial charge in [0.2, 0.25) is 5.78 Å². The Balaban J connectivity index is 2.21. The van der Waals surface area contributed by atoms with Crippen molar-refractivity contribution in [1.82, 2.24) is 9.47 Å². The molecule has 3 rings (SSSR count). The second-order valence-corrected chi connectivity index (χ2v) is 6.56. The molecule has 0 unspecified atom stereocenters. The molecule has 1 aromatic heterocycles. The second-order valence-electron chi connectivity index (χ2n) is 6.56. The van der Waals surface area contributed by atoms with Crippen LogP contribution in [-0.2, 0) is 6.67 Å². The molecule has 0 bridgehead atoms. The highest BCUT2D eigenvalue weighted by Gasteiger charge is 2.22. The van der Waals surface area contributed by atoms with Crippen LogP contribution in [0.15, 0.2) is 48.5 Å². The molecule has 25 heavy (non-hydrogen) atoms. The maximum atomic E-state index is 13.3. The number of aromatic nitrogens is 1. The zero-order valence-corrected chi connectivity index (χ0v) is 15.5. The van der Waals surface area contributed by atoms with Gasteiger partial charge in [0, 0.05) is 10.9 Å². The fraction of sp³-hybridized carbons (Fsp3) is 0.318. The third kappa shape index (κ3) is 3.24. The van der Waals surface area contributed by atoms with E-state index in [1.807, 2.05) is 30.3 Å². The summed E-state index contributed by atoms with van der Waals surface area (Å²) in [5, 5.41) is 1.17. The molecule has 2 aromatic carbocycles. The molecule has 0 N–H and O–H groups in total. The van der Waals surface area contributed by atoms with E-state index in [2.05, 4.69) is 55.4 Å². The Morgan fingerprint density at radius 3 is 2.32 bits per heavy atom. The van der Waals surface area contributed by atoms with Crippen molar-refractivity contribution in [3.8, 4) is 0 Å². The average molecular weight is 334 g/mol. The van der Waals surface area contributed by atoms with Crippen LogP contribution in [0.4, 0.5) is 0 Å². The monoisotopic (exact) mass is 334 g/mol. The Bertz CT molecular complexity index is 889. The maximum absolute atomic E-state index is 13.3. The highest BCUT2D eigenvalue weighted by molar-refractivity contribution is 6.12. The molecule has 130 valence electrons. The van der Waals surface area contributed by atoms with E-state index >= 15 is 0 Å². The van der Waals surface area contributed by atoms with Crippen molar-refractivity contribution >= 4 is 16.7 Å². The molecule has 0 atom stereocenters. The Labute approximate surface area is 149 Å². The SMILES string of the molecule is CCN(CC)Cn1c(C(=O)c2ccccc2)c(C)c2cc(C)ccc21. The average Bonchev–Trinajstić information content (AvgIpc) is 2.91. The van der Waals surface area contributed by atoms with Crippen LogP contribution in [-0.4, -0.2) is 28.3 Å². The first-order valence-corrected chi connectivity index (χ1v) is 8.98. The van der Waals surface area contributed by atoms with E-state index in [0.29, 0.717) is 0 Å². The van der Waals surface area contributed by atoms with Crippen LogP contribution in [0.3, 0.4) is 0 Å². The Morgan fingerprint density at radius 2 is 1.68 bits per heavy atom. The predicted octanol–water partition coefficient (Wildman–Crippen LogP) is 4.79. The van der Waals surface area contributed by atoms with E-state index in [9.17, 15) is 4.79 Å². The predicted molar refractivity (Wildman–Crippen MR) is 104 cm³/mol. The van der Waals surface area contributed by atoms with Gasteiger partial charge in [-0.15, -0.1) is 0 Å². The number of hydrogen-bond donors (Lipinski definition) is 0. The third-order valence-electron chi connectivity index (χ3n) is 4.96. The summed E-state index contributed by atoms with van der Waals surface area (Å²) in [6, 6.07) is 16.0. The third-order valence-corrected chi connectivity index (χ3v) is 4.96. The summed E-state index contributed by atoms with van der Waals surface area (Å²) < 4.78 is 2.19. The number of nitrogens with zero attached hydrogens (tertiary/aromatic N) is 2. The van der Waals surface area contributed by atoms with Crippen LogP contribution >= 0.6 is 0 Å². The van der Waals surface area contributed by atoms with Crippen LogP contribution in [0.25, 0.3) is 10.9 Å². The summed E-state index contributed by atoms with van der Waals surface area (Å²) in [5.74, 6) is 0.0964. The highest BCUT2D eigenvalue weighted by atomic mass is 16.1. The number of aryl methyl sites for hydroxylation is 2. The van der Waals surface area contributed by atoms with Crippen LogP contribution in [0.5, 0.6) is 0 Å². The van der Waals surface area contributed by atoms with Crippen molar-refractivity contribution in [1.29, 1.82) is 0 Å². The topological polar surface area (TPSA) is 25.2 Å². The summed E-state index contributed by atoms with van der Waals surface area (Å²) in [6.45, 7) is 11.1. The largest absolute Gasteiger partial charge is 0.324 e. The van der Waals surface area contributed by atoms with Crippen LogP contribution in [0.2, 0.25) is 0 Å². The lowest BCUT2D eigenvalue weighted by atomic mass is 10.0. The van der Waals surface area contributed by atoms with E-state index in [-0.39, 0.29) is 5.78 Å². The molecule has 0 spiro atoms. The summed E-state index contributed by atoms with van der Waals surface area (Å²) in [6.07, 6.45) is 0. The summed E-state index contributed by atoms with van der Waals surface area (Å²) >= 11 is 0. The molecule has 0 amide bonds. The van der Waals surface area contributed by atoms with E-state index in [0.717, 1.165) is 42.1 Å². The molecular weight excluding hydrogens is 308 g/mol. The number of ketones is 1. The minimum atomic E-state index is 0.0964. The molecule has 0 saturated carbocycles. The van der Waals surface area contributed by atoms with Crippen LogP contribution in [0, 0.1) is 13.8 Å². The molecular formula is C22H26N2O. The van der Waals surface area contributed by atoms with Gasteiger partial charge in [-0.25, -0.2) is 0 Å². The van der Waals surface area contributed by atoms with E-state index in [4.69, 9.17) is 0 Å². The lowest BCUT2D eigenvalue weighted by molar-refractivity contribution is 0.102. The molecule has 0 aliphatic carbocycles. The van der Waals surface area contributed by atoms with E-state index in [1.165, 1.54) is 10.9 Å². The molecule has 0 saturated heterocycles. The number of fused-ring (bicyclic) bond motifs is 1. The quantitative estimate of drug-likeness (QED) is 0.606. The summed E-state index contributed by atoms with van der Waals surface area (Å²) in [7, 11) is 0. The number of hydrogen-bond acceptors (Lipinski definition) is 2. The fourth-order valence-corrected chi connectivity index (χ4v) is 3.43. The van der Waals surface area contributed by atoms with Gasteiger partial charge in [0.25, 0.3) is 0 Å². The molecule has 0 fully saturated rings. The van der Waals surface area contributed by atoms with Crippen molar-refractivity contribution < 1.29 is 4.79 Å². The van der Waals surface area contributed by atoms with Crippen LogP contribution in [0.1, 0.15) is 41.0 Å². The van der Waals surface area contributed by atoms with Crippen molar-refractivity contribution in [2.24, 2.45) is 0 Å². The molecule has 0 radical (unpaired) electrons. The standard InChI is InChI=1S/C22H26N2O/c1-5-23(6-2)15-24-20-13-12-16(3)14-19(20)17(4)21(24)22(25)18-10-8-7-9-11-18/h7-14H,5-6,15H2,1-4H3. The number of carbonyl (C=O) groups excluding carboxylic acids is 1. The van der Waals surface area contributed by atoms with Crippen molar-refractivity contribution in [3.05, 3.63) is 70.9 Å². The molecule has 3 heteroatoms. The Hall–Kier alpha value is -2.39. The minimum Gasteiger partial charge on any atom is -0.324 e. The molecule has 3 nitrogen and oxygen atoms in total. The lowest BCUT2D eigenvalue weighted by Gasteiger charge is -2.21. The lowest BCUT2D eigenvalue weighted by Crippen LogP contribution is -2.27. The van der Waals surface area contributed by atoms with Crippen molar-refractivity contribution in [2.45, 2.75) is 34.4 Å². The summed E-state index contributed by atoms with van der Waals surface area (Å²) in [5.41, 5.74) is 4.97. The first-order valence-electron chi connectivity index (χ1n) is 8.98. The van der Waals surface area contributed by atoms with E-state index in [1.54, 1.807) is 0 Å². The van der Waals surface area contributed by atoms with Crippen molar-refractivity contribution in [3.63, 3.8) is 0 Å². The Kier molecular flexibility index (Phi) is 5.05. The minimum absolute atomic E-state index is 0.0964. The zero-order chi connectivity index (χ0) is 18.0. The van der Waals surface area contributed by atoms with Gasteiger partial charge in [-0.2, -0.15) is 0 Å². The first kappa shape index (κ1) is 17.4. The number of rotatable bonds is 6. The molecule has 3 aromatic rings. The van der Waals surface area contributed by atoms with Gasteiger partial charge < -0.3 is 4.57 Å².